The fourth-order valence-electron chi connectivity index (χ4n) is 1.58. The molecule has 0 spiro atoms. The third-order valence-corrected chi connectivity index (χ3v) is 2.31. The van der Waals surface area contributed by atoms with E-state index in [1.165, 1.54) is 0 Å². The molecule has 0 aromatic heterocycles. The molecule has 0 aromatic rings. The van der Waals surface area contributed by atoms with Gasteiger partial charge in [0.1, 0.15) is 0 Å². The molecule has 17 heavy (non-hydrogen) atoms. The molecule has 3 nitrogen and oxygen atoms in total. The Hall–Kier alpha value is -1.48. The molecule has 0 fully saturated rings. The lowest BCUT2D eigenvalue weighted by Gasteiger charge is -2.09. The topological polar surface area (TPSA) is 28.0 Å². The molecule has 0 bridgehead atoms. The van der Waals surface area contributed by atoms with Crippen molar-refractivity contribution in [1.29, 1.82) is 0 Å². The first-order valence-electron chi connectivity index (χ1n) is 5.89. The van der Waals surface area contributed by atoms with E-state index in [9.17, 15) is 0 Å². The van der Waals surface area contributed by atoms with Crippen LogP contribution in [0.25, 0.3) is 0 Å². The van der Waals surface area contributed by atoms with Gasteiger partial charge in [0, 0.05) is 19.0 Å². The summed E-state index contributed by atoms with van der Waals surface area (Å²) in [6, 6.07) is 0. The molecule has 1 rings (SSSR count). The van der Waals surface area contributed by atoms with Gasteiger partial charge in [-0.25, -0.2) is 0 Å². The van der Waals surface area contributed by atoms with Gasteiger partial charge in [0.05, 0.1) is 11.4 Å². The lowest BCUT2D eigenvalue weighted by Crippen LogP contribution is -2.15. The average Bonchev–Trinajstić information content (AvgIpc) is 2.30. The van der Waals surface area contributed by atoms with E-state index in [0.717, 1.165) is 36.4 Å². The van der Waals surface area contributed by atoms with Crippen LogP contribution in [-0.2, 0) is 0 Å². The molecule has 0 saturated heterocycles. The summed E-state index contributed by atoms with van der Waals surface area (Å²) in [7, 11) is 4.03. The van der Waals surface area contributed by atoms with Gasteiger partial charge < -0.3 is 4.90 Å². The van der Waals surface area contributed by atoms with Crippen molar-refractivity contribution in [1.82, 2.24) is 4.90 Å². The second-order valence-corrected chi connectivity index (χ2v) is 4.31. The zero-order chi connectivity index (χ0) is 12.7. The van der Waals surface area contributed by atoms with Crippen molar-refractivity contribution < 1.29 is 0 Å². The molecule has 1 heterocycles. The molecule has 1 aliphatic rings. The number of allylic oxidation sites excluding steroid dienone is 2. The van der Waals surface area contributed by atoms with Crippen LogP contribution in [0.15, 0.2) is 45.7 Å². The van der Waals surface area contributed by atoms with Crippen LogP contribution in [0.5, 0.6) is 0 Å². The van der Waals surface area contributed by atoms with Crippen molar-refractivity contribution in [2.45, 2.75) is 19.8 Å². The summed E-state index contributed by atoms with van der Waals surface area (Å²) in [6.45, 7) is 6.77. The zero-order valence-electron chi connectivity index (χ0n) is 11.0. The van der Waals surface area contributed by atoms with E-state index < -0.39 is 0 Å². The van der Waals surface area contributed by atoms with E-state index in [-0.39, 0.29) is 0 Å². The van der Waals surface area contributed by atoms with Crippen LogP contribution in [0.3, 0.4) is 0 Å². The number of aliphatic imine (C=N–C) groups is 2. The zero-order valence-corrected chi connectivity index (χ0v) is 11.0. The average molecular weight is 231 g/mol. The van der Waals surface area contributed by atoms with Crippen LogP contribution in [0.2, 0.25) is 0 Å². The van der Waals surface area contributed by atoms with Crippen LogP contribution in [0.4, 0.5) is 0 Å². The van der Waals surface area contributed by atoms with E-state index in [1.807, 2.05) is 39.5 Å². The molecule has 0 saturated carbocycles. The normalized spacial score (nSPS) is 16.7. The second-order valence-electron chi connectivity index (χ2n) is 4.31. The minimum absolute atomic E-state index is 0.822. The van der Waals surface area contributed by atoms with Crippen molar-refractivity contribution in [3.8, 4) is 0 Å². The Morgan fingerprint density at radius 2 is 2.29 bits per heavy atom. The maximum absolute atomic E-state index is 4.45. The van der Waals surface area contributed by atoms with Crippen LogP contribution in [-0.4, -0.2) is 38.0 Å². The number of nitrogens with zero attached hydrogens (tertiary/aromatic N) is 3. The van der Waals surface area contributed by atoms with Gasteiger partial charge in [0.25, 0.3) is 0 Å². The summed E-state index contributed by atoms with van der Waals surface area (Å²) in [5.74, 6) is 0. The Labute approximate surface area is 104 Å². The number of likely N-dealkylation sites (N-methyl/N-ethyl adjacent to an activating group) is 1. The molecule has 0 aliphatic carbocycles. The lowest BCUT2D eigenvalue weighted by atomic mass is 10.2. The first-order valence-corrected chi connectivity index (χ1v) is 5.89. The Bertz CT molecular complexity index is 384. The quantitative estimate of drug-likeness (QED) is 0.669. The summed E-state index contributed by atoms with van der Waals surface area (Å²) in [6.07, 6.45) is 9.94. The standard InChI is InChI=1S/C14H21N3/c1-5-13(14-8-6-7-9-15-14)16-10-12(2)11-17(3)4/h5,8-10H,2,6-7,11H2,1,3-4H3/b13-5-,16-10?. The predicted octanol–water partition coefficient (Wildman–Crippen LogP) is 2.83. The highest BCUT2D eigenvalue weighted by atomic mass is 15.0. The minimum Gasteiger partial charge on any atom is -0.305 e. The van der Waals surface area contributed by atoms with Crippen LogP contribution >= 0.6 is 0 Å². The van der Waals surface area contributed by atoms with Crippen molar-refractivity contribution in [2.75, 3.05) is 20.6 Å². The number of hydrogen-bond acceptors (Lipinski definition) is 3. The third-order valence-electron chi connectivity index (χ3n) is 2.31. The summed E-state index contributed by atoms with van der Waals surface area (Å²) in [4.78, 5) is 10.9. The third kappa shape index (κ3) is 4.91. The molecule has 1 aliphatic heterocycles. The Balaban J connectivity index is 2.65. The summed E-state index contributed by atoms with van der Waals surface area (Å²) >= 11 is 0. The van der Waals surface area contributed by atoms with Crippen molar-refractivity contribution in [3.63, 3.8) is 0 Å². The van der Waals surface area contributed by atoms with Gasteiger partial charge >= 0.3 is 0 Å². The fraction of sp³-hybridized carbons (Fsp3) is 0.429. The van der Waals surface area contributed by atoms with E-state index in [1.54, 1.807) is 0 Å². The highest BCUT2D eigenvalue weighted by molar-refractivity contribution is 5.79. The molecular formula is C14H21N3. The minimum atomic E-state index is 0.822. The highest BCUT2D eigenvalue weighted by Gasteiger charge is 2.03. The highest BCUT2D eigenvalue weighted by Crippen LogP contribution is 2.17. The van der Waals surface area contributed by atoms with Gasteiger partial charge in [-0.15, -0.1) is 0 Å². The molecule has 0 N–H and O–H groups in total. The Kier molecular flexibility index (Phi) is 5.57. The Morgan fingerprint density at radius 1 is 1.53 bits per heavy atom. The van der Waals surface area contributed by atoms with Crippen LogP contribution < -0.4 is 0 Å². The molecule has 92 valence electrons. The summed E-state index contributed by atoms with van der Waals surface area (Å²) in [5.41, 5.74) is 2.88. The summed E-state index contributed by atoms with van der Waals surface area (Å²) in [5, 5.41) is 0. The molecular weight excluding hydrogens is 210 g/mol. The molecule has 0 unspecified atom stereocenters. The SMILES string of the molecule is C=C(C=N/C(=C\C)C1=CCCC=N1)CN(C)C. The Morgan fingerprint density at radius 3 is 2.82 bits per heavy atom. The summed E-state index contributed by atoms with van der Waals surface area (Å²) < 4.78 is 0. The fourth-order valence-corrected chi connectivity index (χ4v) is 1.58. The van der Waals surface area contributed by atoms with Crippen LogP contribution in [0.1, 0.15) is 19.8 Å². The number of hydrogen-bond donors (Lipinski definition) is 0. The molecule has 3 heteroatoms. The van der Waals surface area contributed by atoms with Gasteiger partial charge in [-0.2, -0.15) is 0 Å². The largest absolute Gasteiger partial charge is 0.305 e. The first kappa shape index (κ1) is 13.6. The van der Waals surface area contributed by atoms with Gasteiger partial charge in [-0.05, 0) is 39.4 Å². The van der Waals surface area contributed by atoms with Crippen LogP contribution in [0, 0.1) is 0 Å². The van der Waals surface area contributed by atoms with Gasteiger partial charge in [0.15, 0.2) is 0 Å². The first-order chi connectivity index (χ1) is 8.13. The van der Waals surface area contributed by atoms with Gasteiger partial charge in [0.2, 0.25) is 0 Å². The smallest absolute Gasteiger partial charge is 0.0840 e. The second kappa shape index (κ2) is 6.97. The molecule has 0 amide bonds. The maximum atomic E-state index is 4.45. The molecule has 0 aromatic carbocycles. The van der Waals surface area contributed by atoms with E-state index in [4.69, 9.17) is 0 Å². The van der Waals surface area contributed by atoms with Crippen molar-refractivity contribution in [2.24, 2.45) is 9.98 Å². The van der Waals surface area contributed by atoms with Crippen molar-refractivity contribution >= 4 is 12.4 Å². The van der Waals surface area contributed by atoms with Crippen molar-refractivity contribution in [3.05, 3.63) is 35.7 Å². The number of rotatable bonds is 5. The lowest BCUT2D eigenvalue weighted by molar-refractivity contribution is 0.452. The molecule has 0 radical (unpaired) electrons. The van der Waals surface area contributed by atoms with Gasteiger partial charge in [-0.1, -0.05) is 18.7 Å². The van der Waals surface area contributed by atoms with E-state index >= 15 is 0 Å². The predicted molar refractivity (Wildman–Crippen MR) is 75.8 cm³/mol. The van der Waals surface area contributed by atoms with E-state index in [2.05, 4.69) is 27.5 Å². The van der Waals surface area contributed by atoms with Gasteiger partial charge in [-0.3, -0.25) is 9.98 Å². The monoisotopic (exact) mass is 231 g/mol. The molecule has 0 atom stereocenters. The maximum Gasteiger partial charge on any atom is 0.0840 e. The van der Waals surface area contributed by atoms with E-state index in [0.29, 0.717) is 0 Å².